The van der Waals surface area contributed by atoms with Crippen LogP contribution >= 0.6 is 23.2 Å². The van der Waals surface area contributed by atoms with Crippen molar-refractivity contribution in [2.45, 2.75) is 39.8 Å². The molecule has 0 amide bonds. The van der Waals surface area contributed by atoms with Crippen molar-refractivity contribution < 1.29 is 0 Å². The van der Waals surface area contributed by atoms with Gasteiger partial charge in [0.25, 0.3) is 0 Å². The van der Waals surface area contributed by atoms with E-state index in [9.17, 15) is 0 Å². The van der Waals surface area contributed by atoms with Crippen LogP contribution in [-0.2, 0) is 6.54 Å². The smallest absolute Gasteiger partial charge is 0.0837 e. The van der Waals surface area contributed by atoms with Gasteiger partial charge >= 0.3 is 0 Å². The fourth-order valence-corrected chi connectivity index (χ4v) is 3.01. The van der Waals surface area contributed by atoms with Crippen molar-refractivity contribution in [2.24, 2.45) is 0 Å². The Morgan fingerprint density at radius 2 is 2.00 bits per heavy atom. The Hall–Kier alpha value is -1.03. The third-order valence-electron chi connectivity index (χ3n) is 3.47. The van der Waals surface area contributed by atoms with E-state index in [-0.39, 0.29) is 6.04 Å². The highest BCUT2D eigenvalue weighted by Crippen LogP contribution is 2.32. The van der Waals surface area contributed by atoms with Crippen molar-refractivity contribution in [3.63, 3.8) is 0 Å². The van der Waals surface area contributed by atoms with Crippen LogP contribution in [-0.4, -0.2) is 16.3 Å². The average molecular weight is 326 g/mol. The van der Waals surface area contributed by atoms with Crippen LogP contribution in [0.1, 0.15) is 43.1 Å². The van der Waals surface area contributed by atoms with Gasteiger partial charge < -0.3 is 5.32 Å². The molecule has 2 rings (SSSR count). The summed E-state index contributed by atoms with van der Waals surface area (Å²) < 4.78 is 1.92. The largest absolute Gasteiger partial charge is 0.305 e. The van der Waals surface area contributed by atoms with Gasteiger partial charge in [0.15, 0.2) is 0 Å². The summed E-state index contributed by atoms with van der Waals surface area (Å²) in [5.41, 5.74) is 3.15. The molecule has 0 radical (unpaired) electrons. The lowest BCUT2D eigenvalue weighted by atomic mass is 10.0. The average Bonchev–Trinajstić information content (AvgIpc) is 2.82. The quantitative estimate of drug-likeness (QED) is 0.840. The van der Waals surface area contributed by atoms with E-state index in [4.69, 9.17) is 23.2 Å². The molecule has 5 heteroatoms. The third kappa shape index (κ3) is 3.60. The minimum absolute atomic E-state index is 0.0481. The Morgan fingerprint density at radius 3 is 2.62 bits per heavy atom. The molecule has 0 saturated heterocycles. The Kier molecular flexibility index (Phi) is 5.68. The standard InChI is InChI=1S/C16H21Cl2N3/c1-4-8-19-15(12-7-6-11(3)9-13(12)17)16-14(18)10-20-21(16)5-2/h6-7,9-10,15,19H,4-5,8H2,1-3H3. The Balaban J connectivity index is 2.49. The van der Waals surface area contributed by atoms with Gasteiger partial charge in [-0.1, -0.05) is 42.3 Å². The molecule has 1 unspecified atom stereocenters. The van der Waals surface area contributed by atoms with Crippen LogP contribution in [0, 0.1) is 6.92 Å². The van der Waals surface area contributed by atoms with Crippen molar-refractivity contribution in [3.8, 4) is 0 Å². The Labute approximate surface area is 136 Å². The molecule has 0 saturated carbocycles. The molecule has 3 nitrogen and oxygen atoms in total. The highest BCUT2D eigenvalue weighted by atomic mass is 35.5. The molecule has 0 aliphatic rings. The molecule has 1 heterocycles. The second-order valence-electron chi connectivity index (χ2n) is 5.11. The summed E-state index contributed by atoms with van der Waals surface area (Å²) in [7, 11) is 0. The number of aryl methyl sites for hydroxylation is 2. The van der Waals surface area contributed by atoms with Crippen LogP contribution in [0.2, 0.25) is 10.0 Å². The normalized spacial score (nSPS) is 12.6. The maximum Gasteiger partial charge on any atom is 0.0837 e. The Morgan fingerprint density at radius 1 is 1.24 bits per heavy atom. The molecule has 0 fully saturated rings. The van der Waals surface area contributed by atoms with E-state index >= 15 is 0 Å². The molecule has 114 valence electrons. The van der Waals surface area contributed by atoms with Gasteiger partial charge in [0.05, 0.1) is 23.0 Å². The molecular weight excluding hydrogens is 305 g/mol. The van der Waals surface area contributed by atoms with Crippen LogP contribution in [0.4, 0.5) is 0 Å². The van der Waals surface area contributed by atoms with Gasteiger partial charge in [0.2, 0.25) is 0 Å². The third-order valence-corrected chi connectivity index (χ3v) is 4.09. The maximum atomic E-state index is 6.46. The van der Waals surface area contributed by atoms with Gasteiger partial charge in [-0.3, -0.25) is 4.68 Å². The molecule has 2 aromatic rings. The first-order valence-electron chi connectivity index (χ1n) is 7.29. The first kappa shape index (κ1) is 16.3. The second kappa shape index (κ2) is 7.30. The zero-order chi connectivity index (χ0) is 15.4. The number of benzene rings is 1. The van der Waals surface area contributed by atoms with E-state index in [0.29, 0.717) is 5.02 Å². The summed E-state index contributed by atoms with van der Waals surface area (Å²) in [6.45, 7) is 7.89. The highest BCUT2D eigenvalue weighted by Gasteiger charge is 2.23. The van der Waals surface area contributed by atoms with Crippen molar-refractivity contribution in [3.05, 3.63) is 51.3 Å². The van der Waals surface area contributed by atoms with E-state index in [1.807, 2.05) is 17.7 Å². The minimum Gasteiger partial charge on any atom is -0.305 e. The molecule has 21 heavy (non-hydrogen) atoms. The van der Waals surface area contributed by atoms with Crippen molar-refractivity contribution in [2.75, 3.05) is 6.54 Å². The second-order valence-corrected chi connectivity index (χ2v) is 5.92. The summed E-state index contributed by atoms with van der Waals surface area (Å²) >= 11 is 12.8. The summed E-state index contributed by atoms with van der Waals surface area (Å²) in [6, 6.07) is 6.07. The molecule has 1 atom stereocenters. The summed E-state index contributed by atoms with van der Waals surface area (Å²) in [4.78, 5) is 0. The van der Waals surface area contributed by atoms with Crippen LogP contribution in [0.5, 0.6) is 0 Å². The predicted octanol–water partition coefficient (Wildman–Crippen LogP) is 4.61. The van der Waals surface area contributed by atoms with Gasteiger partial charge in [-0.2, -0.15) is 5.10 Å². The fourth-order valence-electron chi connectivity index (χ4n) is 2.42. The van der Waals surface area contributed by atoms with Crippen molar-refractivity contribution >= 4 is 23.2 Å². The number of nitrogens with one attached hydrogen (secondary N) is 1. The lowest BCUT2D eigenvalue weighted by molar-refractivity contribution is 0.530. The van der Waals surface area contributed by atoms with Crippen LogP contribution in [0.25, 0.3) is 0 Å². The summed E-state index contributed by atoms with van der Waals surface area (Å²) in [5.74, 6) is 0. The lowest BCUT2D eigenvalue weighted by Crippen LogP contribution is -2.26. The molecule has 1 aromatic heterocycles. The minimum atomic E-state index is -0.0481. The van der Waals surface area contributed by atoms with E-state index in [0.717, 1.165) is 41.4 Å². The van der Waals surface area contributed by atoms with E-state index < -0.39 is 0 Å². The first-order chi connectivity index (χ1) is 10.1. The van der Waals surface area contributed by atoms with Crippen LogP contribution in [0.3, 0.4) is 0 Å². The highest BCUT2D eigenvalue weighted by molar-refractivity contribution is 6.32. The van der Waals surface area contributed by atoms with Crippen LogP contribution in [0.15, 0.2) is 24.4 Å². The zero-order valence-corrected chi connectivity index (χ0v) is 14.2. The van der Waals surface area contributed by atoms with Crippen LogP contribution < -0.4 is 5.32 Å². The first-order valence-corrected chi connectivity index (χ1v) is 8.04. The molecule has 1 aromatic carbocycles. The predicted molar refractivity (Wildman–Crippen MR) is 89.2 cm³/mol. The number of aromatic nitrogens is 2. The fraction of sp³-hybridized carbons (Fsp3) is 0.438. The number of rotatable bonds is 6. The monoisotopic (exact) mass is 325 g/mol. The van der Waals surface area contributed by atoms with E-state index in [1.54, 1.807) is 6.20 Å². The molecule has 0 bridgehead atoms. The van der Waals surface area contributed by atoms with Gasteiger partial charge in [-0.15, -0.1) is 0 Å². The van der Waals surface area contributed by atoms with E-state index in [2.05, 4.69) is 36.4 Å². The van der Waals surface area contributed by atoms with Crippen molar-refractivity contribution in [1.29, 1.82) is 0 Å². The molecule has 0 aliphatic heterocycles. The molecule has 0 aliphatic carbocycles. The SMILES string of the molecule is CCCNC(c1ccc(C)cc1Cl)c1c(Cl)cnn1CC. The lowest BCUT2D eigenvalue weighted by Gasteiger charge is -2.22. The number of hydrogen-bond donors (Lipinski definition) is 1. The Bertz CT molecular complexity index is 608. The summed E-state index contributed by atoms with van der Waals surface area (Å²) in [5, 5.41) is 9.29. The van der Waals surface area contributed by atoms with Gasteiger partial charge in [0, 0.05) is 11.6 Å². The number of halogens is 2. The topological polar surface area (TPSA) is 29.9 Å². The zero-order valence-electron chi connectivity index (χ0n) is 12.7. The van der Waals surface area contributed by atoms with Gasteiger partial charge in [0.1, 0.15) is 0 Å². The molecule has 0 spiro atoms. The number of nitrogens with zero attached hydrogens (tertiary/aromatic N) is 2. The maximum absolute atomic E-state index is 6.46. The summed E-state index contributed by atoms with van der Waals surface area (Å²) in [6.07, 6.45) is 2.74. The van der Waals surface area contributed by atoms with Crippen molar-refractivity contribution in [1.82, 2.24) is 15.1 Å². The van der Waals surface area contributed by atoms with E-state index in [1.165, 1.54) is 0 Å². The number of hydrogen-bond acceptors (Lipinski definition) is 2. The van der Waals surface area contributed by atoms with Gasteiger partial charge in [-0.05, 0) is 44.0 Å². The molecular formula is C16H21Cl2N3. The van der Waals surface area contributed by atoms with Gasteiger partial charge in [-0.25, -0.2) is 0 Å². The molecule has 1 N–H and O–H groups in total.